The number of carbonyl (C=O) groups excluding carboxylic acids is 10. The van der Waals surface area contributed by atoms with Gasteiger partial charge in [0.1, 0.15) is 97.7 Å². The molecule has 0 spiro atoms. The van der Waals surface area contributed by atoms with E-state index in [1.54, 1.807) is 0 Å². The number of unbranched alkanes of at least 4 members (excludes halogenated alkanes) is 1. The predicted octanol–water partition coefficient (Wildman–Crippen LogP) is -30.6. The molecule has 0 saturated carbocycles. The Balaban J connectivity index is -0.0000170. The Morgan fingerprint density at radius 1 is 0.413 bits per heavy atom. The van der Waals surface area contributed by atoms with Crippen molar-refractivity contribution in [3.63, 3.8) is 0 Å². The van der Waals surface area contributed by atoms with E-state index in [9.17, 15) is 119 Å². The van der Waals surface area contributed by atoms with Gasteiger partial charge in [-0.3, -0.25) is 9.59 Å². The molecule has 104 heavy (non-hydrogen) atoms. The minimum absolute atomic E-state index is 0. The largest absolute Gasteiger partial charge is 1.00 e. The van der Waals surface area contributed by atoms with Crippen LogP contribution in [0.4, 0.5) is 0 Å². The number of rotatable bonds is 33. The second-order valence-corrected chi connectivity index (χ2v) is 27.1. The normalized spacial score (nSPS) is 31.2. The summed E-state index contributed by atoms with van der Waals surface area (Å²) in [6.45, 7) is 17.7. The maximum absolute atomic E-state index is 13.1. The van der Waals surface area contributed by atoms with E-state index >= 15 is 0 Å². The zero-order valence-corrected chi connectivity index (χ0v) is 73.1. The fourth-order valence-corrected chi connectivity index (χ4v) is 10.6. The molecule has 26 atom stereocenters. The summed E-state index contributed by atoms with van der Waals surface area (Å²) in [5.74, 6) is -17.6. The number of hydrogen-bond donors (Lipinski definition) is 10. The molecule has 558 valence electrons. The van der Waals surface area contributed by atoms with Crippen LogP contribution in [0.3, 0.4) is 0 Å². The summed E-state index contributed by atoms with van der Waals surface area (Å²) in [5, 5.41) is 170. The Kier molecular flexibility index (Phi) is 49.1. The minimum atomic E-state index is -2.78. The van der Waals surface area contributed by atoms with Gasteiger partial charge in [0.25, 0.3) is 0 Å². The van der Waals surface area contributed by atoms with Crippen molar-refractivity contribution in [3.8, 4) is 0 Å². The molecule has 4 rings (SSSR count). The number of nitrogens with zero attached hydrogens (tertiary/aromatic N) is 2. The number of aliphatic carboxylic acids is 6. The number of aliphatic hydroxyl groups is 8. The summed E-state index contributed by atoms with van der Waals surface area (Å²) in [4.78, 5) is 126. The van der Waals surface area contributed by atoms with Gasteiger partial charge in [0.2, 0.25) is 11.8 Å². The number of carboxylic acid groups (broad SMARTS) is 6. The van der Waals surface area contributed by atoms with E-state index in [-0.39, 0.29) is 203 Å². The Bertz CT molecular complexity index is 2650. The van der Waals surface area contributed by atoms with E-state index in [1.807, 2.05) is 10.9 Å². The molecule has 4 heterocycles. The minimum Gasteiger partial charge on any atom is -0.547 e. The second kappa shape index (κ2) is 47.4. The summed E-state index contributed by atoms with van der Waals surface area (Å²) in [5.41, 5.74) is -0.573. The topological polar surface area (TPSA) is 630 Å². The van der Waals surface area contributed by atoms with Crippen molar-refractivity contribution in [2.45, 2.75) is 268 Å². The molecular formula is C58H84N4Na6O36. The number of amides is 2. The van der Waals surface area contributed by atoms with Crippen LogP contribution in [0.25, 0.3) is 0 Å². The van der Waals surface area contributed by atoms with Crippen LogP contribution in [0.2, 0.25) is 0 Å². The fourth-order valence-electron chi connectivity index (χ4n) is 10.6. The van der Waals surface area contributed by atoms with E-state index in [0.717, 1.165) is 0 Å². The van der Waals surface area contributed by atoms with Crippen LogP contribution in [0.15, 0.2) is 10.2 Å². The summed E-state index contributed by atoms with van der Waals surface area (Å²) in [6, 6.07) is 0. The predicted molar refractivity (Wildman–Crippen MR) is 301 cm³/mol. The number of ether oxygens (including phenoxy) is 12. The zero-order chi connectivity index (χ0) is 74.6. The number of nitrogens with one attached hydrogen (secondary N) is 2. The van der Waals surface area contributed by atoms with Gasteiger partial charge in [-0.25, -0.2) is 10.9 Å². The van der Waals surface area contributed by atoms with Crippen LogP contribution in [-0.2, 0) is 105 Å². The molecule has 0 aromatic heterocycles. The molecule has 0 aromatic rings. The van der Waals surface area contributed by atoms with Gasteiger partial charge in [-0.15, -0.1) is 0 Å². The molecule has 0 aliphatic carbocycles. The van der Waals surface area contributed by atoms with Crippen molar-refractivity contribution < 1.29 is 354 Å². The molecule has 0 radical (unpaired) electrons. The number of aldehydes is 2. The second-order valence-electron chi connectivity index (χ2n) is 27.1. The molecule has 40 nitrogen and oxygen atoms in total. The molecule has 4 fully saturated rings. The first-order valence-electron chi connectivity index (χ1n) is 30.3. The summed E-state index contributed by atoms with van der Waals surface area (Å²) in [7, 11) is 0. The van der Waals surface area contributed by atoms with Crippen LogP contribution in [0, 0.1) is 22.7 Å². The zero-order valence-electron chi connectivity index (χ0n) is 61.1. The number of hydrazone groups is 2. The van der Waals surface area contributed by atoms with Crippen molar-refractivity contribution in [2.75, 3.05) is 0 Å². The summed E-state index contributed by atoms with van der Waals surface area (Å²) in [6.07, 6.45) is -55.9. The monoisotopic (exact) mass is 1550 g/mol. The molecule has 0 aromatic carbocycles. The molecule has 14 unspecified atom stereocenters. The number of aliphatic hydroxyl groups excluding tert-OH is 8. The number of carboxylic acids is 6. The van der Waals surface area contributed by atoms with Crippen LogP contribution < -0.4 is 219 Å². The van der Waals surface area contributed by atoms with Gasteiger partial charge in [-0.05, 0) is 65.2 Å². The van der Waals surface area contributed by atoms with Crippen LogP contribution >= 0.6 is 0 Å². The van der Waals surface area contributed by atoms with Crippen LogP contribution in [-0.4, -0.2) is 272 Å². The molecule has 0 bridgehead atoms. The van der Waals surface area contributed by atoms with Crippen molar-refractivity contribution >= 4 is 72.6 Å². The molecule has 46 heteroatoms. The van der Waals surface area contributed by atoms with Gasteiger partial charge in [-0.1, -0.05) is 41.5 Å². The third-order valence-corrected chi connectivity index (χ3v) is 15.0. The Labute approximate surface area is 729 Å². The SMILES string of the molecule is CC(C)(C)O[C@H]1OC(C(=O)[O-])[C@@H](OC(/C=N/NC(=O)CCCCC(=O)N/N=C/C(OC(C(=O)[O-])C(C=O)O[C@@H]2OC(C(=O)[O-])[C@H](C(C)(C)C)C(O)[C@@H]2O)O[C@H]2C(C(=O)[O-])O[C@@H](OC(C)(C)C)[C@@H](O)C2O)OC(C(=O)[O-])C(C=O)O[C@H]2OC(C(=O)[O-])[C@@H](C(C)(C)C)C(O)[C@H]2O)C(O)[C@H]1O.[Na+].[Na+].[Na+].[Na+].[Na+].[Na+]. The number of hydrogen-bond acceptors (Lipinski definition) is 38. The van der Waals surface area contributed by atoms with Gasteiger partial charge in [-0.2, -0.15) is 10.2 Å². The van der Waals surface area contributed by atoms with E-state index in [1.165, 1.54) is 83.1 Å². The maximum atomic E-state index is 13.1. The average Bonchev–Trinajstić information content (AvgIpc) is 0.784. The molecule has 10 N–H and O–H groups in total. The maximum Gasteiger partial charge on any atom is 1.00 e. The molecule has 4 aliphatic heterocycles. The molecule has 4 aliphatic rings. The first-order valence-corrected chi connectivity index (χ1v) is 30.3. The van der Waals surface area contributed by atoms with Gasteiger partial charge >= 0.3 is 177 Å². The summed E-state index contributed by atoms with van der Waals surface area (Å²) >= 11 is 0. The van der Waals surface area contributed by atoms with Gasteiger partial charge < -0.3 is 167 Å². The van der Waals surface area contributed by atoms with Gasteiger partial charge in [0.05, 0.1) is 71.7 Å². The molecular weight excluding hydrogens is 1470 g/mol. The van der Waals surface area contributed by atoms with Crippen LogP contribution in [0.1, 0.15) is 109 Å². The smallest absolute Gasteiger partial charge is 0.547 e. The Hall–Kier alpha value is -0.360. The van der Waals surface area contributed by atoms with Crippen molar-refractivity contribution in [3.05, 3.63) is 0 Å². The summed E-state index contributed by atoms with van der Waals surface area (Å²) < 4.78 is 64.9. The fraction of sp³-hybridized carbons (Fsp3) is 0.793. The Morgan fingerprint density at radius 3 is 0.923 bits per heavy atom. The third kappa shape index (κ3) is 31.5. The van der Waals surface area contributed by atoms with Gasteiger partial charge in [0, 0.05) is 24.7 Å². The standard InChI is InChI=1S/C58H90N4O36.6Na/c1-55(2,3)27-29(67)33(71)51(93-39(27)47(79)80)87-21(19-63)37(45(75)76)89-25(91-41-31(69)35(73)53(97-57(7,8)9)95-43(41)49(83)84)17-59-61-23(65)15-13-14-16-24(66)62-60-18-26(92-42-32(70)36(74)54(98-58(10,11)12)96-44(42)50(85)86)90-38(46(77)78)22(20-64)88-52-34(72)30(68)28(56(4,5)6)40(94-52)48(81)82;;;;;;/h17-22,25-44,51-54,67-74H,13-16H2,1-12H3,(H,61,65)(H,62,66)(H,75,76)(H,77,78)(H,79,80)(H,81,82)(H,83,84)(H,85,86);;;;;;/q;6*+1/p-6/b59-17+,60-18+;;;;;;/t21?,22?,25?,26?,27-,28+,29?,30?,31?,32?,33+,34-,35+,36-,37?,38?,39?,40?,41-,42+,43?,44?,51-,52+,53+,54-;;;;;;. The first kappa shape index (κ1) is 108. The van der Waals surface area contributed by atoms with E-state index in [2.05, 4.69) is 10.2 Å². The Morgan fingerprint density at radius 2 is 0.683 bits per heavy atom. The van der Waals surface area contributed by atoms with Crippen LogP contribution in [0.5, 0.6) is 0 Å². The van der Waals surface area contributed by atoms with E-state index < -0.39 is 242 Å². The number of carbonyl (C=O) groups is 10. The quantitative estimate of drug-likeness (QED) is 0.00728. The third-order valence-electron chi connectivity index (χ3n) is 15.0. The van der Waals surface area contributed by atoms with Crippen molar-refractivity contribution in [1.82, 2.24) is 10.9 Å². The molecule has 2 amide bonds. The first-order chi connectivity index (χ1) is 45.1. The average molecular weight is 1550 g/mol. The van der Waals surface area contributed by atoms with Crippen molar-refractivity contribution in [1.29, 1.82) is 0 Å². The van der Waals surface area contributed by atoms with Crippen molar-refractivity contribution in [2.24, 2.45) is 32.9 Å². The van der Waals surface area contributed by atoms with E-state index in [4.69, 9.17) is 56.8 Å². The van der Waals surface area contributed by atoms with Gasteiger partial charge in [0.15, 0.2) is 50.3 Å². The molecule has 4 saturated heterocycles. The van der Waals surface area contributed by atoms with E-state index in [0.29, 0.717) is 12.4 Å².